The van der Waals surface area contributed by atoms with Crippen molar-refractivity contribution in [3.8, 4) is 44.8 Å². The van der Waals surface area contributed by atoms with E-state index in [4.69, 9.17) is 9.97 Å². The molecule has 8 rings (SSSR count). The molecule has 0 unspecified atom stereocenters. The quantitative estimate of drug-likeness (QED) is 0.215. The van der Waals surface area contributed by atoms with Crippen LogP contribution in [0, 0.1) is 0 Å². The predicted octanol–water partition coefficient (Wildman–Crippen LogP) is 10.1. The Labute approximate surface area is 240 Å². The van der Waals surface area contributed by atoms with E-state index >= 15 is 0 Å². The number of benzene rings is 5. The molecule has 0 fully saturated rings. The van der Waals surface area contributed by atoms with Crippen LogP contribution in [0.2, 0.25) is 0 Å². The zero-order valence-corrected chi connectivity index (χ0v) is 23.1. The van der Waals surface area contributed by atoms with Crippen LogP contribution in [0.1, 0.15) is 25.0 Å². The average molecular weight is 525 g/mol. The Morgan fingerprint density at radius 3 is 1.46 bits per heavy atom. The number of rotatable bonds is 3. The molecule has 0 aliphatic heterocycles. The fourth-order valence-corrected chi connectivity index (χ4v) is 6.41. The second-order valence-electron chi connectivity index (χ2n) is 11.5. The molecular formula is C39H28N2. The van der Waals surface area contributed by atoms with E-state index in [9.17, 15) is 0 Å². The molecular weight excluding hydrogens is 496 g/mol. The molecule has 7 aromatic rings. The molecule has 2 aromatic heterocycles. The summed E-state index contributed by atoms with van der Waals surface area (Å²) in [6.07, 6.45) is 0. The summed E-state index contributed by atoms with van der Waals surface area (Å²) in [6, 6.07) is 47.6. The molecule has 41 heavy (non-hydrogen) atoms. The van der Waals surface area contributed by atoms with Crippen LogP contribution in [0.4, 0.5) is 0 Å². The fraction of sp³-hybridized carbons (Fsp3) is 0.0769. The van der Waals surface area contributed by atoms with E-state index in [1.807, 2.05) is 6.07 Å². The van der Waals surface area contributed by atoms with Gasteiger partial charge in [-0.05, 0) is 57.6 Å². The van der Waals surface area contributed by atoms with Gasteiger partial charge in [-0.1, -0.05) is 123 Å². The highest BCUT2D eigenvalue weighted by Crippen LogP contribution is 2.50. The number of fused-ring (bicyclic) bond motifs is 6. The number of pyridine rings is 2. The van der Waals surface area contributed by atoms with E-state index in [1.165, 1.54) is 33.4 Å². The topological polar surface area (TPSA) is 25.8 Å². The maximum atomic E-state index is 5.22. The van der Waals surface area contributed by atoms with Gasteiger partial charge in [-0.25, -0.2) is 9.97 Å². The van der Waals surface area contributed by atoms with Crippen molar-refractivity contribution in [1.29, 1.82) is 0 Å². The zero-order valence-electron chi connectivity index (χ0n) is 23.1. The number of nitrogens with zero attached hydrogens (tertiary/aromatic N) is 2. The Morgan fingerprint density at radius 2 is 0.878 bits per heavy atom. The van der Waals surface area contributed by atoms with Crippen molar-refractivity contribution >= 4 is 21.8 Å². The van der Waals surface area contributed by atoms with Crippen molar-refractivity contribution in [2.75, 3.05) is 0 Å². The minimum atomic E-state index is -0.110. The van der Waals surface area contributed by atoms with Gasteiger partial charge in [0.05, 0.1) is 22.4 Å². The summed E-state index contributed by atoms with van der Waals surface area (Å²) >= 11 is 0. The van der Waals surface area contributed by atoms with Crippen LogP contribution in [0.3, 0.4) is 0 Å². The van der Waals surface area contributed by atoms with Crippen LogP contribution in [-0.4, -0.2) is 9.97 Å². The minimum Gasteiger partial charge on any atom is -0.245 e. The number of hydrogen-bond acceptors (Lipinski definition) is 2. The standard InChI is InChI=1S/C39H28N2/c1-39(2)33-23-29(25-9-5-3-6-10-25)15-19-31(33)32-20-16-30(24-34(32)39)36-22-18-28-14-13-27-17-21-35(26-11-7-4-8-12-26)40-37(27)38(28)41-36/h3-24H,1-2H3. The van der Waals surface area contributed by atoms with Crippen LogP contribution in [-0.2, 0) is 5.41 Å². The zero-order chi connectivity index (χ0) is 27.6. The van der Waals surface area contributed by atoms with Gasteiger partial charge in [0.2, 0.25) is 0 Å². The lowest BCUT2D eigenvalue weighted by Gasteiger charge is -2.22. The number of aromatic nitrogens is 2. The molecule has 0 N–H and O–H groups in total. The Bertz CT molecular complexity index is 2110. The van der Waals surface area contributed by atoms with Gasteiger partial charge in [-0.15, -0.1) is 0 Å². The fourth-order valence-electron chi connectivity index (χ4n) is 6.41. The van der Waals surface area contributed by atoms with Crippen molar-refractivity contribution in [2.24, 2.45) is 0 Å². The third-order valence-corrected chi connectivity index (χ3v) is 8.67. The highest BCUT2D eigenvalue weighted by atomic mass is 14.8. The van der Waals surface area contributed by atoms with Crippen LogP contribution >= 0.6 is 0 Å². The summed E-state index contributed by atoms with van der Waals surface area (Å²) in [5.74, 6) is 0. The van der Waals surface area contributed by atoms with E-state index in [0.29, 0.717) is 0 Å². The van der Waals surface area contributed by atoms with Crippen molar-refractivity contribution in [3.05, 3.63) is 145 Å². The molecule has 1 aliphatic rings. The molecule has 2 nitrogen and oxygen atoms in total. The molecule has 0 saturated heterocycles. The molecule has 1 aliphatic carbocycles. The highest BCUT2D eigenvalue weighted by molar-refractivity contribution is 6.04. The van der Waals surface area contributed by atoms with Crippen LogP contribution in [0.5, 0.6) is 0 Å². The van der Waals surface area contributed by atoms with Crippen molar-refractivity contribution in [3.63, 3.8) is 0 Å². The van der Waals surface area contributed by atoms with Gasteiger partial charge >= 0.3 is 0 Å². The van der Waals surface area contributed by atoms with E-state index in [2.05, 4.69) is 141 Å². The summed E-state index contributed by atoms with van der Waals surface area (Å²) in [7, 11) is 0. The summed E-state index contributed by atoms with van der Waals surface area (Å²) < 4.78 is 0. The lowest BCUT2D eigenvalue weighted by atomic mass is 9.81. The highest BCUT2D eigenvalue weighted by Gasteiger charge is 2.36. The van der Waals surface area contributed by atoms with Crippen LogP contribution in [0.25, 0.3) is 66.6 Å². The largest absolute Gasteiger partial charge is 0.245 e. The molecule has 2 heterocycles. The monoisotopic (exact) mass is 524 g/mol. The Kier molecular flexibility index (Phi) is 5.20. The first-order valence-electron chi connectivity index (χ1n) is 14.2. The average Bonchev–Trinajstić information content (AvgIpc) is 3.26. The van der Waals surface area contributed by atoms with E-state index in [0.717, 1.165) is 44.3 Å². The van der Waals surface area contributed by atoms with Crippen molar-refractivity contribution in [2.45, 2.75) is 19.3 Å². The summed E-state index contributed by atoms with van der Waals surface area (Å²) in [6.45, 7) is 4.68. The minimum absolute atomic E-state index is 0.110. The smallest absolute Gasteiger partial charge is 0.0972 e. The summed E-state index contributed by atoms with van der Waals surface area (Å²) in [4.78, 5) is 10.3. The second-order valence-corrected chi connectivity index (χ2v) is 11.5. The van der Waals surface area contributed by atoms with Crippen molar-refractivity contribution < 1.29 is 0 Å². The molecule has 0 bridgehead atoms. The van der Waals surface area contributed by atoms with Gasteiger partial charge < -0.3 is 0 Å². The van der Waals surface area contributed by atoms with Gasteiger partial charge in [0.15, 0.2) is 0 Å². The Morgan fingerprint density at radius 1 is 0.415 bits per heavy atom. The van der Waals surface area contributed by atoms with Gasteiger partial charge in [0, 0.05) is 27.3 Å². The molecule has 0 saturated carbocycles. The molecule has 2 heteroatoms. The Balaban J connectivity index is 1.24. The van der Waals surface area contributed by atoms with E-state index in [-0.39, 0.29) is 5.41 Å². The summed E-state index contributed by atoms with van der Waals surface area (Å²) in [5.41, 5.74) is 13.8. The molecule has 0 atom stereocenters. The first kappa shape index (κ1) is 23.8. The number of hydrogen-bond donors (Lipinski definition) is 0. The second kappa shape index (κ2) is 8.97. The van der Waals surface area contributed by atoms with Crippen LogP contribution < -0.4 is 0 Å². The third-order valence-electron chi connectivity index (χ3n) is 8.67. The van der Waals surface area contributed by atoms with E-state index < -0.39 is 0 Å². The Hall–Kier alpha value is -5.08. The van der Waals surface area contributed by atoms with Crippen molar-refractivity contribution in [1.82, 2.24) is 9.97 Å². The lowest BCUT2D eigenvalue weighted by Crippen LogP contribution is -2.15. The van der Waals surface area contributed by atoms with E-state index in [1.54, 1.807) is 0 Å². The maximum Gasteiger partial charge on any atom is 0.0972 e. The SMILES string of the molecule is CC1(C)c2cc(-c3ccccc3)ccc2-c2ccc(-c3ccc4ccc5ccc(-c6ccccc6)nc5c4n3)cc21. The molecule has 0 spiro atoms. The maximum absolute atomic E-state index is 5.22. The summed E-state index contributed by atoms with van der Waals surface area (Å²) in [5, 5.41) is 2.20. The predicted molar refractivity (Wildman–Crippen MR) is 171 cm³/mol. The van der Waals surface area contributed by atoms with Gasteiger partial charge in [-0.3, -0.25) is 0 Å². The molecule has 5 aromatic carbocycles. The van der Waals surface area contributed by atoms with Crippen LogP contribution in [0.15, 0.2) is 133 Å². The first-order valence-corrected chi connectivity index (χ1v) is 14.2. The first-order chi connectivity index (χ1) is 20.1. The van der Waals surface area contributed by atoms with Gasteiger partial charge in [-0.2, -0.15) is 0 Å². The van der Waals surface area contributed by atoms with Gasteiger partial charge in [0.25, 0.3) is 0 Å². The lowest BCUT2D eigenvalue weighted by molar-refractivity contribution is 0.661. The normalized spacial score (nSPS) is 13.3. The molecule has 0 radical (unpaired) electrons. The molecule has 194 valence electrons. The molecule has 0 amide bonds. The van der Waals surface area contributed by atoms with Gasteiger partial charge in [0.1, 0.15) is 0 Å². The third kappa shape index (κ3) is 3.79.